The van der Waals surface area contributed by atoms with Gasteiger partial charge in [-0.1, -0.05) is 6.42 Å². The lowest BCUT2D eigenvalue weighted by atomic mass is 9.79. The average Bonchev–Trinajstić information content (AvgIpc) is 2.82. The van der Waals surface area contributed by atoms with Crippen molar-refractivity contribution in [2.45, 2.75) is 31.2 Å². The Labute approximate surface area is 106 Å². The fraction of sp³-hybridized carbons (Fsp3) is 0.500. The van der Waals surface area contributed by atoms with Gasteiger partial charge in [-0.15, -0.1) is 0 Å². The number of anilines is 1. The van der Waals surface area contributed by atoms with Crippen LogP contribution in [0, 0.1) is 5.92 Å². The molecule has 1 aromatic rings. The van der Waals surface area contributed by atoms with Crippen molar-refractivity contribution >= 4 is 11.7 Å². The number of fused-ring (bicyclic) bond motifs is 2. The molecule has 2 N–H and O–H groups in total. The summed E-state index contributed by atoms with van der Waals surface area (Å²) >= 11 is 0. The van der Waals surface area contributed by atoms with Crippen LogP contribution in [0.2, 0.25) is 0 Å². The average molecular weight is 247 g/mol. The van der Waals surface area contributed by atoms with Crippen LogP contribution in [0.1, 0.15) is 30.7 Å². The molecule has 3 atom stereocenters. The zero-order valence-corrected chi connectivity index (χ0v) is 10.3. The van der Waals surface area contributed by atoms with Gasteiger partial charge in [0.15, 0.2) is 0 Å². The monoisotopic (exact) mass is 247 g/mol. The fourth-order valence-electron chi connectivity index (χ4n) is 3.37. The van der Waals surface area contributed by atoms with Crippen molar-refractivity contribution < 1.29 is 14.6 Å². The molecule has 3 rings (SSSR count). The largest absolute Gasteiger partial charge is 0.497 e. The molecule has 0 amide bonds. The SMILES string of the molecule is COc1ccc2c(c1)C(C(=O)O)C1CCCC1N2. The number of carboxylic acid groups (broad SMARTS) is 1. The molecule has 4 nitrogen and oxygen atoms in total. The number of ether oxygens (including phenoxy) is 1. The summed E-state index contributed by atoms with van der Waals surface area (Å²) in [5.74, 6) is -0.188. The van der Waals surface area contributed by atoms with Gasteiger partial charge in [-0.3, -0.25) is 4.79 Å². The minimum absolute atomic E-state index is 0.210. The molecule has 1 saturated carbocycles. The van der Waals surface area contributed by atoms with E-state index in [0.717, 1.165) is 36.3 Å². The second-order valence-corrected chi connectivity index (χ2v) is 5.11. The maximum atomic E-state index is 11.6. The van der Waals surface area contributed by atoms with E-state index in [1.807, 2.05) is 18.2 Å². The zero-order chi connectivity index (χ0) is 12.7. The number of nitrogens with one attached hydrogen (secondary N) is 1. The number of carbonyl (C=O) groups is 1. The van der Waals surface area contributed by atoms with E-state index in [1.165, 1.54) is 0 Å². The molecule has 1 aliphatic carbocycles. The fourth-order valence-corrected chi connectivity index (χ4v) is 3.37. The highest BCUT2D eigenvalue weighted by molar-refractivity contribution is 5.81. The third kappa shape index (κ3) is 1.64. The van der Waals surface area contributed by atoms with Crippen LogP contribution < -0.4 is 10.1 Å². The molecular weight excluding hydrogens is 230 g/mol. The van der Waals surface area contributed by atoms with E-state index in [1.54, 1.807) is 7.11 Å². The van der Waals surface area contributed by atoms with Gasteiger partial charge in [-0.25, -0.2) is 0 Å². The van der Waals surface area contributed by atoms with Gasteiger partial charge in [0.2, 0.25) is 0 Å². The number of methoxy groups -OCH3 is 1. The molecule has 0 aromatic heterocycles. The van der Waals surface area contributed by atoms with Crippen molar-refractivity contribution in [3.8, 4) is 5.75 Å². The molecular formula is C14H17NO3. The number of hydrogen-bond acceptors (Lipinski definition) is 3. The summed E-state index contributed by atoms with van der Waals surface area (Å²) in [4.78, 5) is 11.6. The lowest BCUT2D eigenvalue weighted by Gasteiger charge is -2.35. The van der Waals surface area contributed by atoms with Gasteiger partial charge in [0.25, 0.3) is 0 Å². The number of benzene rings is 1. The Morgan fingerprint density at radius 3 is 3.00 bits per heavy atom. The van der Waals surface area contributed by atoms with Crippen LogP contribution in [0.25, 0.3) is 0 Å². The van der Waals surface area contributed by atoms with Crippen molar-refractivity contribution in [3.63, 3.8) is 0 Å². The molecule has 1 aromatic carbocycles. The minimum atomic E-state index is -0.720. The van der Waals surface area contributed by atoms with E-state index in [0.29, 0.717) is 6.04 Å². The lowest BCUT2D eigenvalue weighted by Crippen LogP contribution is -2.37. The first-order chi connectivity index (χ1) is 8.70. The number of aliphatic carboxylic acids is 1. The van der Waals surface area contributed by atoms with E-state index in [-0.39, 0.29) is 5.92 Å². The molecule has 0 saturated heterocycles. The highest BCUT2D eigenvalue weighted by Crippen LogP contribution is 2.46. The molecule has 96 valence electrons. The maximum Gasteiger partial charge on any atom is 0.311 e. The second-order valence-electron chi connectivity index (χ2n) is 5.11. The van der Waals surface area contributed by atoms with Crippen LogP contribution in [-0.2, 0) is 4.79 Å². The normalized spacial score (nSPS) is 29.1. The second kappa shape index (κ2) is 4.19. The predicted octanol–water partition coefficient (Wildman–Crippen LogP) is 2.46. The highest BCUT2D eigenvalue weighted by Gasteiger charge is 2.43. The third-order valence-corrected chi connectivity index (χ3v) is 4.20. The molecule has 0 radical (unpaired) electrons. The van der Waals surface area contributed by atoms with Crippen LogP contribution >= 0.6 is 0 Å². The standard InChI is InChI=1S/C14H17NO3/c1-18-8-5-6-12-10(7-8)13(14(16)17)9-3-2-4-11(9)15-12/h5-7,9,11,13,15H,2-4H2,1H3,(H,16,17). The molecule has 18 heavy (non-hydrogen) atoms. The number of carboxylic acids is 1. The van der Waals surface area contributed by atoms with Gasteiger partial charge in [0, 0.05) is 11.7 Å². The number of rotatable bonds is 2. The van der Waals surface area contributed by atoms with Gasteiger partial charge in [0.1, 0.15) is 5.75 Å². The Balaban J connectivity index is 2.08. The summed E-state index contributed by atoms with van der Waals surface area (Å²) in [6.45, 7) is 0. The van der Waals surface area contributed by atoms with Crippen molar-refractivity contribution in [2.75, 3.05) is 12.4 Å². The number of hydrogen-bond donors (Lipinski definition) is 2. The Hall–Kier alpha value is -1.71. The molecule has 1 fully saturated rings. The molecule has 0 spiro atoms. The quantitative estimate of drug-likeness (QED) is 0.842. The summed E-state index contributed by atoms with van der Waals surface area (Å²) in [7, 11) is 1.60. The van der Waals surface area contributed by atoms with Crippen LogP contribution in [0.5, 0.6) is 5.75 Å². The van der Waals surface area contributed by atoms with E-state index in [9.17, 15) is 9.90 Å². The Morgan fingerprint density at radius 1 is 1.44 bits per heavy atom. The first-order valence-corrected chi connectivity index (χ1v) is 6.38. The van der Waals surface area contributed by atoms with Crippen molar-refractivity contribution in [1.29, 1.82) is 0 Å². The van der Waals surface area contributed by atoms with Crippen LogP contribution in [0.4, 0.5) is 5.69 Å². The van der Waals surface area contributed by atoms with Crippen molar-refractivity contribution in [2.24, 2.45) is 5.92 Å². The first kappa shape index (κ1) is 11.4. The summed E-state index contributed by atoms with van der Waals surface area (Å²) < 4.78 is 5.20. The van der Waals surface area contributed by atoms with Gasteiger partial charge >= 0.3 is 5.97 Å². The minimum Gasteiger partial charge on any atom is -0.497 e. The zero-order valence-electron chi connectivity index (χ0n) is 10.3. The molecule has 4 heteroatoms. The van der Waals surface area contributed by atoms with Gasteiger partial charge in [-0.05, 0) is 42.5 Å². The topological polar surface area (TPSA) is 58.6 Å². The maximum absolute atomic E-state index is 11.6. The molecule has 3 unspecified atom stereocenters. The van der Waals surface area contributed by atoms with E-state index < -0.39 is 11.9 Å². The summed E-state index contributed by atoms with van der Waals surface area (Å²) in [6.07, 6.45) is 3.17. The first-order valence-electron chi connectivity index (χ1n) is 6.38. The third-order valence-electron chi connectivity index (χ3n) is 4.20. The van der Waals surface area contributed by atoms with E-state index >= 15 is 0 Å². The van der Waals surface area contributed by atoms with Gasteiger partial charge < -0.3 is 15.2 Å². The van der Waals surface area contributed by atoms with Crippen LogP contribution in [0.3, 0.4) is 0 Å². The molecule has 1 aliphatic heterocycles. The molecule has 1 heterocycles. The van der Waals surface area contributed by atoms with E-state index in [4.69, 9.17) is 4.74 Å². The predicted molar refractivity (Wildman–Crippen MR) is 68.1 cm³/mol. The molecule has 2 aliphatic rings. The Bertz CT molecular complexity index is 486. The smallest absolute Gasteiger partial charge is 0.311 e. The van der Waals surface area contributed by atoms with E-state index in [2.05, 4.69) is 5.32 Å². The summed E-state index contributed by atoms with van der Waals surface area (Å²) in [5, 5.41) is 13.0. The van der Waals surface area contributed by atoms with Crippen molar-refractivity contribution in [3.05, 3.63) is 23.8 Å². The van der Waals surface area contributed by atoms with Crippen LogP contribution in [0.15, 0.2) is 18.2 Å². The summed E-state index contributed by atoms with van der Waals surface area (Å²) in [5.41, 5.74) is 1.82. The highest BCUT2D eigenvalue weighted by atomic mass is 16.5. The Kier molecular flexibility index (Phi) is 2.65. The van der Waals surface area contributed by atoms with Crippen LogP contribution in [-0.4, -0.2) is 24.2 Å². The summed E-state index contributed by atoms with van der Waals surface area (Å²) in [6, 6.07) is 5.97. The Morgan fingerprint density at radius 2 is 2.28 bits per heavy atom. The van der Waals surface area contributed by atoms with Crippen molar-refractivity contribution in [1.82, 2.24) is 0 Å². The molecule has 0 bridgehead atoms. The lowest BCUT2D eigenvalue weighted by molar-refractivity contribution is -0.140. The van der Waals surface area contributed by atoms with Gasteiger partial charge in [0.05, 0.1) is 13.0 Å². The van der Waals surface area contributed by atoms with Gasteiger partial charge in [-0.2, -0.15) is 0 Å².